The number of hydrogen-bond donors (Lipinski definition) is 1. The van der Waals surface area contributed by atoms with Crippen molar-refractivity contribution >= 4 is 11.6 Å². The van der Waals surface area contributed by atoms with Crippen LogP contribution in [0.3, 0.4) is 0 Å². The van der Waals surface area contributed by atoms with Crippen molar-refractivity contribution in [1.29, 1.82) is 0 Å². The molecule has 1 heterocycles. The lowest BCUT2D eigenvalue weighted by Gasteiger charge is -2.09. The molecule has 1 N–H and O–H groups in total. The summed E-state index contributed by atoms with van der Waals surface area (Å²) in [7, 11) is 0. The highest BCUT2D eigenvalue weighted by molar-refractivity contribution is 6.30. The zero-order chi connectivity index (χ0) is 20.4. The van der Waals surface area contributed by atoms with Gasteiger partial charge in [-0.3, -0.25) is 0 Å². The Morgan fingerprint density at radius 2 is 1.76 bits per heavy atom. The quantitative estimate of drug-likeness (QED) is 0.414. The predicted octanol–water partition coefficient (Wildman–Crippen LogP) is 6.39. The van der Waals surface area contributed by atoms with E-state index in [0.717, 1.165) is 16.7 Å². The Morgan fingerprint density at radius 1 is 1.03 bits per heavy atom. The molecule has 146 valence electrons. The first-order valence-corrected chi connectivity index (χ1v) is 9.32. The Bertz CT molecular complexity index is 1140. The summed E-state index contributed by atoms with van der Waals surface area (Å²) in [6, 6.07) is 18.4. The lowest BCUT2D eigenvalue weighted by atomic mass is 9.99. The van der Waals surface area contributed by atoms with Crippen LogP contribution in [-0.4, -0.2) is 10.3 Å². The number of aryl methyl sites for hydroxylation is 1. The van der Waals surface area contributed by atoms with Gasteiger partial charge in [-0.25, -0.2) is 4.39 Å². The van der Waals surface area contributed by atoms with Crippen LogP contribution in [0.25, 0.3) is 22.5 Å². The number of hydrogen-bond acceptors (Lipinski definition) is 4. The van der Waals surface area contributed by atoms with Gasteiger partial charge in [0.25, 0.3) is 0 Å². The summed E-state index contributed by atoms with van der Waals surface area (Å²) in [6.07, 6.45) is 0. The summed E-state index contributed by atoms with van der Waals surface area (Å²) in [5, 5.41) is 15.3. The highest BCUT2D eigenvalue weighted by Crippen LogP contribution is 2.40. The fourth-order valence-corrected chi connectivity index (χ4v) is 3.18. The third-order valence-corrected chi connectivity index (χ3v) is 4.78. The van der Waals surface area contributed by atoms with Gasteiger partial charge >= 0.3 is 0 Å². The molecule has 4 aromatic rings. The van der Waals surface area contributed by atoms with E-state index >= 15 is 0 Å². The van der Waals surface area contributed by atoms with E-state index in [4.69, 9.17) is 20.9 Å². The maximum absolute atomic E-state index is 13.0. The molecular weight excluding hydrogens is 393 g/mol. The molecule has 0 atom stereocenters. The monoisotopic (exact) mass is 409 g/mol. The lowest BCUT2D eigenvalue weighted by molar-refractivity contribution is 0.304. The van der Waals surface area contributed by atoms with Crippen molar-refractivity contribution in [2.45, 2.75) is 13.5 Å². The van der Waals surface area contributed by atoms with Crippen LogP contribution in [-0.2, 0) is 6.61 Å². The molecule has 0 aliphatic heterocycles. The molecule has 0 bridgehead atoms. The Labute approximate surface area is 172 Å². The summed E-state index contributed by atoms with van der Waals surface area (Å²) < 4.78 is 24.2. The number of phenolic OH excluding ortho intramolecular Hbond substituents is 1. The number of ether oxygens (including phenoxy) is 1. The standard InChI is InChI=1S/C23H17ClFNO3/c1-14-22(16-4-6-17(24)7-5-16)23(29-26-14)20-11-10-19(12-21(20)27)28-13-15-2-8-18(25)9-3-15/h2-12,27H,13H2,1H3. The molecular formula is C23H17ClFNO3. The first kappa shape index (κ1) is 19.0. The zero-order valence-electron chi connectivity index (χ0n) is 15.5. The number of halogens is 2. The number of phenols is 1. The number of aromatic nitrogens is 1. The highest BCUT2D eigenvalue weighted by atomic mass is 35.5. The van der Waals surface area contributed by atoms with Crippen LogP contribution >= 0.6 is 11.6 Å². The molecule has 3 aromatic carbocycles. The van der Waals surface area contributed by atoms with Gasteiger partial charge in [0.2, 0.25) is 0 Å². The van der Waals surface area contributed by atoms with Crippen LogP contribution in [0.2, 0.25) is 5.02 Å². The average molecular weight is 410 g/mol. The first-order chi connectivity index (χ1) is 14.0. The summed E-state index contributed by atoms with van der Waals surface area (Å²) in [4.78, 5) is 0. The first-order valence-electron chi connectivity index (χ1n) is 8.94. The van der Waals surface area contributed by atoms with Gasteiger partial charge in [0, 0.05) is 11.1 Å². The fraction of sp³-hybridized carbons (Fsp3) is 0.0870. The fourth-order valence-electron chi connectivity index (χ4n) is 3.05. The minimum Gasteiger partial charge on any atom is -0.507 e. The van der Waals surface area contributed by atoms with Crippen LogP contribution in [0.5, 0.6) is 11.5 Å². The van der Waals surface area contributed by atoms with Gasteiger partial charge in [0.05, 0.1) is 16.8 Å². The van der Waals surface area contributed by atoms with E-state index in [1.54, 1.807) is 36.4 Å². The molecule has 4 nitrogen and oxygen atoms in total. The number of aromatic hydroxyl groups is 1. The molecule has 29 heavy (non-hydrogen) atoms. The Morgan fingerprint density at radius 3 is 2.45 bits per heavy atom. The van der Waals surface area contributed by atoms with Crippen molar-refractivity contribution in [3.63, 3.8) is 0 Å². The second-order valence-corrected chi connectivity index (χ2v) is 7.01. The molecule has 0 saturated carbocycles. The zero-order valence-corrected chi connectivity index (χ0v) is 16.3. The second-order valence-electron chi connectivity index (χ2n) is 6.57. The summed E-state index contributed by atoms with van der Waals surface area (Å²) in [5.74, 6) is 0.662. The highest BCUT2D eigenvalue weighted by Gasteiger charge is 2.20. The van der Waals surface area contributed by atoms with Gasteiger partial charge in [0.1, 0.15) is 23.9 Å². The molecule has 0 aliphatic carbocycles. The molecule has 6 heteroatoms. The van der Waals surface area contributed by atoms with Crippen molar-refractivity contribution < 1.29 is 18.8 Å². The van der Waals surface area contributed by atoms with Gasteiger partial charge < -0.3 is 14.4 Å². The maximum atomic E-state index is 13.0. The van der Waals surface area contributed by atoms with Gasteiger partial charge in [-0.05, 0) is 54.4 Å². The van der Waals surface area contributed by atoms with Crippen molar-refractivity contribution in [2.24, 2.45) is 0 Å². The molecule has 0 saturated heterocycles. The number of nitrogens with zero attached hydrogens (tertiary/aromatic N) is 1. The smallest absolute Gasteiger partial charge is 0.178 e. The van der Waals surface area contributed by atoms with Gasteiger partial charge in [-0.1, -0.05) is 41.0 Å². The molecule has 0 aliphatic rings. The Balaban J connectivity index is 1.60. The maximum Gasteiger partial charge on any atom is 0.178 e. The molecule has 0 spiro atoms. The summed E-state index contributed by atoms with van der Waals surface area (Å²) in [5.41, 5.74) is 3.71. The van der Waals surface area contributed by atoms with Crippen LogP contribution in [0.4, 0.5) is 4.39 Å². The molecule has 0 unspecified atom stereocenters. The van der Waals surface area contributed by atoms with Crippen molar-refractivity contribution in [1.82, 2.24) is 5.16 Å². The van der Waals surface area contributed by atoms with Crippen molar-refractivity contribution in [3.05, 3.63) is 88.8 Å². The van der Waals surface area contributed by atoms with E-state index in [9.17, 15) is 9.50 Å². The molecule has 1 aromatic heterocycles. The van der Waals surface area contributed by atoms with E-state index < -0.39 is 0 Å². The van der Waals surface area contributed by atoms with E-state index in [2.05, 4.69) is 5.16 Å². The molecule has 4 rings (SSSR count). The molecule has 0 amide bonds. The Hall–Kier alpha value is -3.31. The van der Waals surface area contributed by atoms with Gasteiger partial charge in [-0.15, -0.1) is 0 Å². The van der Waals surface area contributed by atoms with E-state index in [0.29, 0.717) is 27.8 Å². The van der Waals surface area contributed by atoms with E-state index in [1.165, 1.54) is 18.2 Å². The average Bonchev–Trinajstić information content (AvgIpc) is 3.09. The van der Waals surface area contributed by atoms with Crippen molar-refractivity contribution in [2.75, 3.05) is 0 Å². The SMILES string of the molecule is Cc1noc(-c2ccc(OCc3ccc(F)cc3)cc2O)c1-c1ccc(Cl)cc1. The Kier molecular flexibility index (Phi) is 5.23. The van der Waals surface area contributed by atoms with Crippen LogP contribution in [0.15, 0.2) is 71.3 Å². The van der Waals surface area contributed by atoms with E-state index in [-0.39, 0.29) is 18.2 Å². The topological polar surface area (TPSA) is 55.5 Å². The lowest BCUT2D eigenvalue weighted by Crippen LogP contribution is -1.95. The summed E-state index contributed by atoms with van der Waals surface area (Å²) in [6.45, 7) is 2.10. The third-order valence-electron chi connectivity index (χ3n) is 4.53. The normalized spacial score (nSPS) is 10.9. The number of benzene rings is 3. The third kappa shape index (κ3) is 4.10. The van der Waals surface area contributed by atoms with Crippen LogP contribution in [0, 0.1) is 12.7 Å². The van der Waals surface area contributed by atoms with E-state index in [1.807, 2.05) is 19.1 Å². The second kappa shape index (κ2) is 7.97. The summed E-state index contributed by atoms with van der Waals surface area (Å²) >= 11 is 5.98. The largest absolute Gasteiger partial charge is 0.507 e. The minimum absolute atomic E-state index is 0.00738. The van der Waals surface area contributed by atoms with Crippen LogP contribution in [0.1, 0.15) is 11.3 Å². The van der Waals surface area contributed by atoms with Crippen LogP contribution < -0.4 is 4.74 Å². The number of rotatable bonds is 5. The predicted molar refractivity (Wildman–Crippen MR) is 110 cm³/mol. The van der Waals surface area contributed by atoms with Gasteiger partial charge in [-0.2, -0.15) is 0 Å². The molecule has 0 fully saturated rings. The van der Waals surface area contributed by atoms with Gasteiger partial charge in [0.15, 0.2) is 5.76 Å². The minimum atomic E-state index is -0.297. The van der Waals surface area contributed by atoms with Crippen molar-refractivity contribution in [3.8, 4) is 33.9 Å². The molecule has 0 radical (unpaired) electrons.